The Hall–Kier alpha value is -1.58. The zero-order valence-electron chi connectivity index (χ0n) is 14.6. The Morgan fingerprint density at radius 3 is 2.75 bits per heavy atom. The molecule has 4 heteroatoms. The van der Waals surface area contributed by atoms with Crippen LogP contribution in [0, 0.1) is 5.92 Å². The summed E-state index contributed by atoms with van der Waals surface area (Å²) in [4.78, 5) is 12.4. The van der Waals surface area contributed by atoms with E-state index in [0.717, 1.165) is 31.4 Å². The smallest absolute Gasteiger partial charge is 0.223 e. The fourth-order valence-corrected chi connectivity index (χ4v) is 4.64. The molecule has 1 amide bonds. The van der Waals surface area contributed by atoms with Crippen LogP contribution in [0.5, 0.6) is 0 Å². The highest BCUT2D eigenvalue weighted by molar-refractivity contribution is 5.78. The molecule has 0 spiro atoms. The van der Waals surface area contributed by atoms with Crippen molar-refractivity contribution < 1.29 is 4.79 Å². The van der Waals surface area contributed by atoms with Crippen LogP contribution in [0.2, 0.25) is 0 Å². The van der Waals surface area contributed by atoms with Crippen molar-refractivity contribution >= 4 is 5.91 Å². The summed E-state index contributed by atoms with van der Waals surface area (Å²) < 4.78 is 2.34. The molecule has 1 aromatic heterocycles. The topological polar surface area (TPSA) is 46.9 Å². The molecule has 130 valence electrons. The van der Waals surface area contributed by atoms with E-state index in [1.807, 2.05) is 0 Å². The van der Waals surface area contributed by atoms with E-state index in [9.17, 15) is 4.79 Å². The van der Waals surface area contributed by atoms with E-state index < -0.39 is 0 Å². The van der Waals surface area contributed by atoms with Gasteiger partial charge in [-0.3, -0.25) is 9.48 Å². The molecule has 1 heterocycles. The molecule has 4 nitrogen and oxygen atoms in total. The Kier molecular flexibility index (Phi) is 4.72. The number of rotatable bonds is 4. The monoisotopic (exact) mass is 327 g/mol. The Morgan fingerprint density at radius 2 is 1.96 bits per heavy atom. The van der Waals surface area contributed by atoms with Gasteiger partial charge in [0.05, 0.1) is 18.3 Å². The van der Waals surface area contributed by atoms with Gasteiger partial charge in [0, 0.05) is 11.6 Å². The summed E-state index contributed by atoms with van der Waals surface area (Å²) >= 11 is 0. The van der Waals surface area contributed by atoms with Gasteiger partial charge >= 0.3 is 0 Å². The average molecular weight is 327 g/mol. The molecule has 0 saturated heterocycles. The van der Waals surface area contributed by atoms with Crippen molar-refractivity contribution in [1.29, 1.82) is 0 Å². The van der Waals surface area contributed by atoms with Crippen molar-refractivity contribution in [3.05, 3.63) is 29.1 Å². The number of hydrogen-bond donors (Lipinski definition) is 1. The third-order valence-electron chi connectivity index (χ3n) is 6.03. The molecule has 4 rings (SSSR count). The fourth-order valence-electron chi connectivity index (χ4n) is 4.64. The molecule has 3 aliphatic carbocycles. The van der Waals surface area contributed by atoms with Crippen molar-refractivity contribution in [2.45, 2.75) is 83.2 Å². The van der Waals surface area contributed by atoms with Gasteiger partial charge in [-0.1, -0.05) is 25.0 Å². The molecule has 24 heavy (non-hydrogen) atoms. The van der Waals surface area contributed by atoms with Gasteiger partial charge in [-0.2, -0.15) is 5.10 Å². The number of fused-ring (bicyclic) bond motifs is 1. The molecule has 0 bridgehead atoms. The van der Waals surface area contributed by atoms with Crippen molar-refractivity contribution in [2.24, 2.45) is 5.92 Å². The van der Waals surface area contributed by atoms with E-state index in [1.54, 1.807) is 0 Å². The number of nitrogens with one attached hydrogen (secondary N) is 1. The summed E-state index contributed by atoms with van der Waals surface area (Å²) in [6.07, 6.45) is 17.3. The maximum Gasteiger partial charge on any atom is 0.223 e. The third-order valence-corrected chi connectivity index (χ3v) is 6.03. The lowest BCUT2D eigenvalue weighted by atomic mass is 9.93. The molecule has 0 radical (unpaired) electrons. The third kappa shape index (κ3) is 3.15. The summed E-state index contributed by atoms with van der Waals surface area (Å²) in [6.45, 7) is 0.612. The fraction of sp³-hybridized carbons (Fsp3) is 0.700. The first-order chi connectivity index (χ1) is 11.8. The van der Waals surface area contributed by atoms with E-state index >= 15 is 0 Å². The standard InChI is InChI=1S/C20H29N3O/c24-20(15-8-2-1-3-9-15)21-14-18-17-12-6-7-13-19(17)23(22-18)16-10-4-5-11-16/h1-2,15-16H,3-14H2,(H,21,24). The number of hydrogen-bond acceptors (Lipinski definition) is 2. The maximum absolute atomic E-state index is 12.4. The molecular formula is C20H29N3O. The summed E-state index contributed by atoms with van der Waals surface area (Å²) in [7, 11) is 0. The minimum absolute atomic E-state index is 0.155. The van der Waals surface area contributed by atoms with Crippen LogP contribution in [-0.4, -0.2) is 15.7 Å². The van der Waals surface area contributed by atoms with Crippen molar-refractivity contribution in [3.8, 4) is 0 Å². The highest BCUT2D eigenvalue weighted by Gasteiger charge is 2.27. The van der Waals surface area contributed by atoms with Crippen LogP contribution in [0.4, 0.5) is 0 Å². The first-order valence-electron chi connectivity index (χ1n) is 9.85. The van der Waals surface area contributed by atoms with Crippen LogP contribution in [0.1, 0.15) is 80.8 Å². The van der Waals surface area contributed by atoms with Gasteiger partial charge in [0.25, 0.3) is 0 Å². The first kappa shape index (κ1) is 15.9. The number of allylic oxidation sites excluding steroid dienone is 2. The highest BCUT2D eigenvalue weighted by atomic mass is 16.1. The molecule has 1 unspecified atom stereocenters. The molecule has 1 fully saturated rings. The predicted octanol–water partition coefficient (Wildman–Crippen LogP) is 3.85. The van der Waals surface area contributed by atoms with Crippen LogP contribution < -0.4 is 5.32 Å². The lowest BCUT2D eigenvalue weighted by Gasteiger charge is -2.18. The molecule has 1 atom stereocenters. The Balaban J connectivity index is 1.48. The van der Waals surface area contributed by atoms with Crippen LogP contribution in [-0.2, 0) is 24.2 Å². The average Bonchev–Trinajstić information content (AvgIpc) is 3.28. The van der Waals surface area contributed by atoms with Gasteiger partial charge in [0.2, 0.25) is 5.91 Å². The summed E-state index contributed by atoms with van der Waals surface area (Å²) in [5, 5.41) is 8.15. The largest absolute Gasteiger partial charge is 0.350 e. The van der Waals surface area contributed by atoms with Crippen molar-refractivity contribution in [2.75, 3.05) is 0 Å². The molecule has 0 aromatic carbocycles. The SMILES string of the molecule is O=C(NCc1nn(C2CCCC2)c2c1CCCC2)C1CC=CCC1. The lowest BCUT2D eigenvalue weighted by molar-refractivity contribution is -0.125. The normalized spacial score (nSPS) is 24.1. The second kappa shape index (κ2) is 7.12. The zero-order chi connectivity index (χ0) is 16.4. The van der Waals surface area contributed by atoms with Crippen molar-refractivity contribution in [1.82, 2.24) is 15.1 Å². The van der Waals surface area contributed by atoms with E-state index in [4.69, 9.17) is 5.10 Å². The molecule has 1 N–H and O–H groups in total. The van der Waals surface area contributed by atoms with Crippen LogP contribution in [0.15, 0.2) is 12.2 Å². The number of carbonyl (C=O) groups is 1. The maximum atomic E-state index is 12.4. The van der Waals surface area contributed by atoms with E-state index in [-0.39, 0.29) is 11.8 Å². The van der Waals surface area contributed by atoms with Gasteiger partial charge in [0.15, 0.2) is 0 Å². The second-order valence-corrected chi connectivity index (χ2v) is 7.66. The summed E-state index contributed by atoms with van der Waals surface area (Å²) in [5.41, 5.74) is 4.05. The van der Waals surface area contributed by atoms with Gasteiger partial charge in [-0.15, -0.1) is 0 Å². The minimum atomic E-state index is 0.155. The minimum Gasteiger partial charge on any atom is -0.350 e. The second-order valence-electron chi connectivity index (χ2n) is 7.66. The Labute approximate surface area is 144 Å². The zero-order valence-corrected chi connectivity index (χ0v) is 14.6. The van der Waals surface area contributed by atoms with Crippen LogP contribution in [0.3, 0.4) is 0 Å². The number of aromatic nitrogens is 2. The van der Waals surface area contributed by atoms with Crippen LogP contribution >= 0.6 is 0 Å². The van der Waals surface area contributed by atoms with E-state index in [2.05, 4.69) is 22.2 Å². The van der Waals surface area contributed by atoms with E-state index in [1.165, 1.54) is 56.2 Å². The number of nitrogens with zero attached hydrogens (tertiary/aromatic N) is 2. The number of amides is 1. The predicted molar refractivity (Wildman–Crippen MR) is 94.7 cm³/mol. The summed E-state index contributed by atoms with van der Waals surface area (Å²) in [6, 6.07) is 0.602. The Bertz CT molecular complexity index is 625. The molecule has 0 aliphatic heterocycles. The molecule has 1 aromatic rings. The quantitative estimate of drug-likeness (QED) is 0.854. The van der Waals surface area contributed by atoms with Crippen molar-refractivity contribution in [3.63, 3.8) is 0 Å². The Morgan fingerprint density at radius 1 is 1.12 bits per heavy atom. The van der Waals surface area contributed by atoms with Gasteiger partial charge in [-0.05, 0) is 63.4 Å². The first-order valence-corrected chi connectivity index (χ1v) is 9.85. The summed E-state index contributed by atoms with van der Waals surface area (Å²) in [5.74, 6) is 0.363. The lowest BCUT2D eigenvalue weighted by Crippen LogP contribution is -2.31. The van der Waals surface area contributed by atoms with Gasteiger partial charge in [-0.25, -0.2) is 0 Å². The highest BCUT2D eigenvalue weighted by Crippen LogP contribution is 2.34. The van der Waals surface area contributed by atoms with Crippen LogP contribution in [0.25, 0.3) is 0 Å². The molecular weight excluding hydrogens is 298 g/mol. The molecule has 3 aliphatic rings. The molecule has 1 saturated carbocycles. The van der Waals surface area contributed by atoms with E-state index in [0.29, 0.717) is 12.6 Å². The number of carbonyl (C=O) groups excluding carboxylic acids is 1. The van der Waals surface area contributed by atoms with Gasteiger partial charge in [0.1, 0.15) is 0 Å². The van der Waals surface area contributed by atoms with Gasteiger partial charge < -0.3 is 5.32 Å².